The molecule has 3 rings (SSSR count). The largest absolute Gasteiger partial charge is 0.502 e. The predicted octanol–water partition coefficient (Wildman–Crippen LogP) is 2.62. The lowest BCUT2D eigenvalue weighted by atomic mass is 10.2. The number of hydrogen-bond donors (Lipinski definition) is 1. The van der Waals surface area contributed by atoms with Gasteiger partial charge in [0.25, 0.3) is 0 Å². The molecule has 5 heteroatoms. The Morgan fingerprint density at radius 1 is 0.793 bits per heavy atom. The molecule has 0 amide bonds. The average molecular weight is 403 g/mol. The molecule has 146 valence electrons. The molecule has 3 aromatic carbocycles. The van der Waals surface area contributed by atoms with Crippen LogP contribution in [0.4, 0.5) is 0 Å². The van der Waals surface area contributed by atoms with E-state index in [1.165, 1.54) is 6.08 Å². The van der Waals surface area contributed by atoms with Crippen LogP contribution in [-0.4, -0.2) is 25.4 Å². The SMILES string of the molecule is CC=C(CC(=O)O)C(=O)O[Si](c1ccccc1)(c1ccccc1)c1ccccc1. The zero-order valence-electron chi connectivity index (χ0n) is 16.1. The van der Waals surface area contributed by atoms with Gasteiger partial charge in [-0.1, -0.05) is 97.1 Å². The number of carboxylic acids is 1. The maximum absolute atomic E-state index is 13.1. The van der Waals surface area contributed by atoms with Crippen molar-refractivity contribution in [3.05, 3.63) is 103 Å². The quantitative estimate of drug-likeness (QED) is 0.375. The number of carbonyl (C=O) groups is 2. The van der Waals surface area contributed by atoms with Gasteiger partial charge in [-0.15, -0.1) is 0 Å². The van der Waals surface area contributed by atoms with Gasteiger partial charge in [0.05, 0.1) is 6.42 Å². The molecule has 3 aromatic rings. The summed E-state index contributed by atoms with van der Waals surface area (Å²) in [6.07, 6.45) is 1.13. The molecule has 0 aliphatic carbocycles. The van der Waals surface area contributed by atoms with Gasteiger partial charge >= 0.3 is 20.3 Å². The smallest absolute Gasteiger partial charge is 0.350 e. The number of carbonyl (C=O) groups excluding carboxylic acids is 1. The van der Waals surface area contributed by atoms with Crippen molar-refractivity contribution in [3.8, 4) is 0 Å². The van der Waals surface area contributed by atoms with Gasteiger partial charge in [0.15, 0.2) is 0 Å². The van der Waals surface area contributed by atoms with Gasteiger partial charge in [-0.05, 0) is 22.5 Å². The zero-order chi connectivity index (χ0) is 20.7. The molecule has 0 fully saturated rings. The van der Waals surface area contributed by atoms with Crippen LogP contribution in [0.1, 0.15) is 13.3 Å². The van der Waals surface area contributed by atoms with Crippen LogP contribution in [0.2, 0.25) is 0 Å². The standard InChI is InChI=1S/C24H22O4Si/c1-2-19(18-23(25)26)24(27)28-29(20-12-6-3-7-13-20,21-14-8-4-9-15-21)22-16-10-5-11-17-22/h2-17H,18H2,1H3,(H,25,26). The second kappa shape index (κ2) is 9.17. The molecule has 0 heterocycles. The van der Waals surface area contributed by atoms with Crippen molar-refractivity contribution in [1.82, 2.24) is 0 Å². The van der Waals surface area contributed by atoms with Crippen molar-refractivity contribution >= 4 is 35.8 Å². The summed E-state index contributed by atoms with van der Waals surface area (Å²) >= 11 is 0. The van der Waals surface area contributed by atoms with E-state index in [2.05, 4.69) is 0 Å². The molecule has 0 aliphatic heterocycles. The average Bonchev–Trinajstić information content (AvgIpc) is 2.77. The summed E-state index contributed by atoms with van der Waals surface area (Å²) in [5.74, 6) is -1.67. The van der Waals surface area contributed by atoms with Crippen molar-refractivity contribution in [2.24, 2.45) is 0 Å². The first-order valence-corrected chi connectivity index (χ1v) is 11.3. The van der Waals surface area contributed by atoms with E-state index in [0.29, 0.717) is 0 Å². The predicted molar refractivity (Wildman–Crippen MR) is 116 cm³/mol. The molecule has 0 saturated carbocycles. The van der Waals surface area contributed by atoms with Crippen molar-refractivity contribution in [2.75, 3.05) is 0 Å². The second-order valence-electron chi connectivity index (χ2n) is 6.55. The Hall–Kier alpha value is -3.44. The van der Waals surface area contributed by atoms with Crippen LogP contribution in [-0.2, 0) is 14.0 Å². The Bertz CT molecular complexity index is 902. The monoisotopic (exact) mass is 402 g/mol. The molecule has 0 saturated heterocycles. The van der Waals surface area contributed by atoms with E-state index in [4.69, 9.17) is 4.43 Å². The van der Waals surface area contributed by atoms with Crippen molar-refractivity contribution < 1.29 is 19.1 Å². The van der Waals surface area contributed by atoms with Crippen LogP contribution >= 0.6 is 0 Å². The van der Waals surface area contributed by atoms with E-state index in [0.717, 1.165) is 15.6 Å². The van der Waals surface area contributed by atoms with E-state index in [-0.39, 0.29) is 12.0 Å². The number of carboxylic acid groups (broad SMARTS) is 1. The summed E-state index contributed by atoms with van der Waals surface area (Å²) in [6, 6.07) is 29.1. The molecular formula is C24H22O4Si. The molecule has 1 N–H and O–H groups in total. The maximum Gasteiger partial charge on any atom is 0.350 e. The van der Waals surface area contributed by atoms with Gasteiger partial charge in [-0.3, -0.25) is 4.79 Å². The van der Waals surface area contributed by atoms with E-state index >= 15 is 0 Å². The van der Waals surface area contributed by atoms with Crippen LogP contribution in [0.5, 0.6) is 0 Å². The summed E-state index contributed by atoms with van der Waals surface area (Å²) < 4.78 is 6.32. The van der Waals surface area contributed by atoms with Crippen molar-refractivity contribution in [1.29, 1.82) is 0 Å². The fourth-order valence-electron chi connectivity index (χ4n) is 3.35. The number of aliphatic carboxylic acids is 1. The molecule has 0 aliphatic rings. The molecule has 0 radical (unpaired) electrons. The Labute approximate surface area is 171 Å². The zero-order valence-corrected chi connectivity index (χ0v) is 17.1. The Morgan fingerprint density at radius 2 is 1.17 bits per heavy atom. The molecular weight excluding hydrogens is 380 g/mol. The highest BCUT2D eigenvalue weighted by atomic mass is 28.4. The van der Waals surface area contributed by atoms with Crippen molar-refractivity contribution in [3.63, 3.8) is 0 Å². The third-order valence-electron chi connectivity index (χ3n) is 4.74. The first kappa shape index (κ1) is 20.3. The Kier molecular flexibility index (Phi) is 6.42. The van der Waals surface area contributed by atoms with Gasteiger partial charge in [0.1, 0.15) is 0 Å². The lowest BCUT2D eigenvalue weighted by Gasteiger charge is -2.32. The third-order valence-corrected chi connectivity index (χ3v) is 8.67. The Morgan fingerprint density at radius 3 is 1.48 bits per heavy atom. The van der Waals surface area contributed by atoms with E-state index < -0.39 is 20.3 Å². The van der Waals surface area contributed by atoms with Gasteiger partial charge in [0, 0.05) is 5.57 Å². The molecule has 0 atom stereocenters. The summed E-state index contributed by atoms with van der Waals surface area (Å²) in [4.78, 5) is 24.3. The van der Waals surface area contributed by atoms with Crippen LogP contribution in [0.3, 0.4) is 0 Å². The lowest BCUT2D eigenvalue weighted by molar-refractivity contribution is -0.139. The molecule has 0 unspecified atom stereocenters. The number of rotatable bonds is 7. The number of benzene rings is 3. The van der Waals surface area contributed by atoms with Crippen LogP contribution < -0.4 is 15.6 Å². The molecule has 0 aromatic heterocycles. The first-order chi connectivity index (χ1) is 14.1. The van der Waals surface area contributed by atoms with Gasteiger partial charge in [0.2, 0.25) is 0 Å². The topological polar surface area (TPSA) is 63.6 Å². The highest BCUT2D eigenvalue weighted by Crippen LogP contribution is 2.14. The summed E-state index contributed by atoms with van der Waals surface area (Å²) in [6.45, 7) is 1.65. The molecule has 29 heavy (non-hydrogen) atoms. The maximum atomic E-state index is 13.1. The highest BCUT2D eigenvalue weighted by molar-refractivity contribution is 7.07. The first-order valence-electron chi connectivity index (χ1n) is 9.35. The van der Waals surface area contributed by atoms with Crippen LogP contribution in [0.15, 0.2) is 103 Å². The summed E-state index contributed by atoms with van der Waals surface area (Å²) in [7, 11) is -3.20. The number of hydrogen-bond acceptors (Lipinski definition) is 3. The van der Waals surface area contributed by atoms with E-state index in [1.54, 1.807) is 6.92 Å². The van der Waals surface area contributed by atoms with Gasteiger partial charge in [-0.2, -0.15) is 0 Å². The van der Waals surface area contributed by atoms with Gasteiger partial charge in [-0.25, -0.2) is 4.79 Å². The second-order valence-corrected chi connectivity index (χ2v) is 9.85. The van der Waals surface area contributed by atoms with Crippen LogP contribution in [0.25, 0.3) is 0 Å². The Balaban J connectivity index is 2.23. The van der Waals surface area contributed by atoms with E-state index in [1.807, 2.05) is 91.0 Å². The molecule has 0 bridgehead atoms. The van der Waals surface area contributed by atoms with Crippen molar-refractivity contribution in [2.45, 2.75) is 13.3 Å². The fourth-order valence-corrected chi connectivity index (χ4v) is 7.10. The highest BCUT2D eigenvalue weighted by Gasteiger charge is 2.45. The lowest BCUT2D eigenvalue weighted by Crippen LogP contribution is -2.70. The minimum Gasteiger partial charge on any atom is -0.502 e. The fraction of sp³-hybridized carbons (Fsp3) is 0.0833. The summed E-state index contributed by atoms with van der Waals surface area (Å²) in [5.41, 5.74) is 0.136. The minimum absolute atomic E-state index is 0.136. The normalized spacial score (nSPS) is 11.7. The number of allylic oxidation sites excluding steroid dienone is 1. The van der Waals surface area contributed by atoms with Gasteiger partial charge < -0.3 is 9.53 Å². The minimum atomic E-state index is -3.20. The van der Waals surface area contributed by atoms with E-state index in [9.17, 15) is 14.7 Å². The third kappa shape index (κ3) is 4.36. The molecule has 4 nitrogen and oxygen atoms in total. The molecule has 0 spiro atoms. The summed E-state index contributed by atoms with van der Waals surface area (Å²) in [5, 5.41) is 11.9. The van der Waals surface area contributed by atoms with Crippen LogP contribution in [0, 0.1) is 0 Å².